The molecule has 2 nitrogen and oxygen atoms in total. The van der Waals surface area contributed by atoms with E-state index in [9.17, 15) is 0 Å². The molecule has 0 aromatic carbocycles. The molecule has 0 N–H and O–H groups in total. The zero-order valence-corrected chi connectivity index (χ0v) is 7.14. The van der Waals surface area contributed by atoms with E-state index in [1.165, 1.54) is 19.3 Å². The second kappa shape index (κ2) is 4.39. The quantitative estimate of drug-likeness (QED) is 0.582. The molecule has 1 atom stereocenters. The van der Waals surface area contributed by atoms with E-state index in [1.807, 2.05) is 0 Å². The van der Waals surface area contributed by atoms with Crippen LogP contribution in [0.3, 0.4) is 0 Å². The molecule has 0 aromatic rings. The van der Waals surface area contributed by atoms with E-state index in [-0.39, 0.29) is 6.29 Å². The molecule has 2 heteroatoms. The van der Waals surface area contributed by atoms with Crippen molar-refractivity contribution in [1.29, 1.82) is 0 Å². The Hall–Kier alpha value is -0.500. The van der Waals surface area contributed by atoms with Crippen molar-refractivity contribution in [3.63, 3.8) is 0 Å². The Morgan fingerprint density at radius 1 is 1.55 bits per heavy atom. The number of ether oxygens (including phenoxy) is 2. The van der Waals surface area contributed by atoms with Gasteiger partial charge in [0.25, 0.3) is 0 Å². The topological polar surface area (TPSA) is 18.5 Å². The average Bonchev–Trinajstić information content (AvgIpc) is 2.37. The normalized spacial score (nSPS) is 23.7. The van der Waals surface area contributed by atoms with Gasteiger partial charge in [0.2, 0.25) is 0 Å². The SMILES string of the molecule is C=C1COC(CCCCC)O1. The fourth-order valence-electron chi connectivity index (χ4n) is 1.14. The number of hydrogen-bond donors (Lipinski definition) is 0. The van der Waals surface area contributed by atoms with Crippen LogP contribution >= 0.6 is 0 Å². The monoisotopic (exact) mass is 156 g/mol. The minimum atomic E-state index is -0.00551. The molecule has 1 rings (SSSR count). The number of rotatable bonds is 4. The Balaban J connectivity index is 2.04. The van der Waals surface area contributed by atoms with Gasteiger partial charge in [-0.05, 0) is 6.42 Å². The first kappa shape index (κ1) is 8.60. The zero-order chi connectivity index (χ0) is 8.10. The molecule has 1 unspecified atom stereocenters. The second-order valence-electron chi connectivity index (χ2n) is 2.89. The molecule has 0 aliphatic carbocycles. The summed E-state index contributed by atoms with van der Waals surface area (Å²) in [6.45, 7) is 6.46. The van der Waals surface area contributed by atoms with Crippen LogP contribution in [-0.2, 0) is 9.47 Å². The molecule has 1 heterocycles. The molecule has 0 amide bonds. The highest BCUT2D eigenvalue weighted by atomic mass is 16.7. The maximum absolute atomic E-state index is 5.29. The van der Waals surface area contributed by atoms with Gasteiger partial charge in [-0.3, -0.25) is 0 Å². The Morgan fingerprint density at radius 2 is 2.36 bits per heavy atom. The minimum Gasteiger partial charge on any atom is -0.467 e. The van der Waals surface area contributed by atoms with Crippen LogP contribution in [0.2, 0.25) is 0 Å². The average molecular weight is 156 g/mol. The standard InChI is InChI=1S/C9H16O2/c1-3-4-5-6-9-10-7-8(2)11-9/h9H,2-7H2,1H3. The highest BCUT2D eigenvalue weighted by Crippen LogP contribution is 2.17. The van der Waals surface area contributed by atoms with Crippen molar-refractivity contribution < 1.29 is 9.47 Å². The Bertz CT molecular complexity index is 132. The predicted molar refractivity (Wildman–Crippen MR) is 44.1 cm³/mol. The van der Waals surface area contributed by atoms with Crippen molar-refractivity contribution in [2.24, 2.45) is 0 Å². The van der Waals surface area contributed by atoms with Crippen LogP contribution in [0.1, 0.15) is 32.6 Å². The van der Waals surface area contributed by atoms with Gasteiger partial charge in [-0.2, -0.15) is 0 Å². The van der Waals surface area contributed by atoms with Gasteiger partial charge in [0.1, 0.15) is 12.4 Å². The van der Waals surface area contributed by atoms with Crippen LogP contribution in [0.15, 0.2) is 12.3 Å². The summed E-state index contributed by atoms with van der Waals surface area (Å²) in [5.74, 6) is 0.770. The van der Waals surface area contributed by atoms with Gasteiger partial charge >= 0.3 is 0 Å². The van der Waals surface area contributed by atoms with Gasteiger partial charge in [0.05, 0.1) is 0 Å². The summed E-state index contributed by atoms with van der Waals surface area (Å²) in [6.07, 6.45) is 4.69. The highest BCUT2D eigenvalue weighted by Gasteiger charge is 2.18. The van der Waals surface area contributed by atoms with Gasteiger partial charge in [0, 0.05) is 6.42 Å². The Labute approximate surface area is 68.2 Å². The van der Waals surface area contributed by atoms with Gasteiger partial charge in [-0.25, -0.2) is 0 Å². The lowest BCUT2D eigenvalue weighted by Gasteiger charge is -2.07. The molecule has 1 saturated heterocycles. The van der Waals surface area contributed by atoms with Gasteiger partial charge < -0.3 is 9.47 Å². The van der Waals surface area contributed by atoms with E-state index in [0.29, 0.717) is 6.61 Å². The fraction of sp³-hybridized carbons (Fsp3) is 0.778. The lowest BCUT2D eigenvalue weighted by molar-refractivity contribution is -0.0382. The largest absolute Gasteiger partial charge is 0.467 e. The van der Waals surface area contributed by atoms with Crippen molar-refractivity contribution in [2.45, 2.75) is 38.9 Å². The van der Waals surface area contributed by atoms with Crippen molar-refractivity contribution >= 4 is 0 Å². The molecule has 1 aliphatic rings. The second-order valence-corrected chi connectivity index (χ2v) is 2.89. The molecule has 0 bridgehead atoms. The van der Waals surface area contributed by atoms with E-state index in [2.05, 4.69) is 13.5 Å². The molecule has 0 saturated carbocycles. The van der Waals surface area contributed by atoms with Crippen LogP contribution in [0, 0.1) is 0 Å². The fourth-order valence-corrected chi connectivity index (χ4v) is 1.14. The van der Waals surface area contributed by atoms with E-state index < -0.39 is 0 Å². The minimum absolute atomic E-state index is 0.00551. The summed E-state index contributed by atoms with van der Waals surface area (Å²) >= 11 is 0. The van der Waals surface area contributed by atoms with Crippen molar-refractivity contribution in [2.75, 3.05) is 6.61 Å². The van der Waals surface area contributed by atoms with Crippen molar-refractivity contribution in [3.8, 4) is 0 Å². The molecule has 11 heavy (non-hydrogen) atoms. The number of unbranched alkanes of at least 4 members (excludes halogenated alkanes) is 2. The maximum Gasteiger partial charge on any atom is 0.199 e. The summed E-state index contributed by atoms with van der Waals surface area (Å²) in [7, 11) is 0. The van der Waals surface area contributed by atoms with Crippen molar-refractivity contribution in [1.82, 2.24) is 0 Å². The summed E-state index contributed by atoms with van der Waals surface area (Å²) in [5.41, 5.74) is 0. The first-order chi connectivity index (χ1) is 5.33. The van der Waals surface area contributed by atoms with E-state index in [0.717, 1.165) is 12.2 Å². The van der Waals surface area contributed by atoms with Gasteiger partial charge in [-0.15, -0.1) is 0 Å². The van der Waals surface area contributed by atoms with Crippen LogP contribution in [0.5, 0.6) is 0 Å². The van der Waals surface area contributed by atoms with E-state index in [4.69, 9.17) is 9.47 Å². The van der Waals surface area contributed by atoms with E-state index in [1.54, 1.807) is 0 Å². The molecule has 0 aromatic heterocycles. The predicted octanol–water partition coefficient (Wildman–Crippen LogP) is 2.45. The van der Waals surface area contributed by atoms with Crippen LogP contribution < -0.4 is 0 Å². The first-order valence-electron chi connectivity index (χ1n) is 4.29. The van der Waals surface area contributed by atoms with Crippen LogP contribution in [0.4, 0.5) is 0 Å². The third kappa shape index (κ3) is 2.93. The van der Waals surface area contributed by atoms with Gasteiger partial charge in [-0.1, -0.05) is 26.3 Å². The van der Waals surface area contributed by atoms with Crippen LogP contribution in [-0.4, -0.2) is 12.9 Å². The first-order valence-corrected chi connectivity index (χ1v) is 4.29. The molecule has 64 valence electrons. The molecule has 0 radical (unpaired) electrons. The third-order valence-corrected chi connectivity index (χ3v) is 1.77. The molecular formula is C9H16O2. The molecule has 0 spiro atoms. The molecule has 1 fully saturated rings. The lowest BCUT2D eigenvalue weighted by atomic mass is 10.2. The third-order valence-electron chi connectivity index (χ3n) is 1.77. The summed E-state index contributed by atoms with van der Waals surface area (Å²) in [6, 6.07) is 0. The lowest BCUT2D eigenvalue weighted by Crippen LogP contribution is -2.06. The van der Waals surface area contributed by atoms with Crippen molar-refractivity contribution in [3.05, 3.63) is 12.3 Å². The summed E-state index contributed by atoms with van der Waals surface area (Å²) < 4.78 is 10.6. The van der Waals surface area contributed by atoms with Crippen LogP contribution in [0.25, 0.3) is 0 Å². The van der Waals surface area contributed by atoms with E-state index >= 15 is 0 Å². The molecule has 1 aliphatic heterocycles. The zero-order valence-electron chi connectivity index (χ0n) is 7.14. The van der Waals surface area contributed by atoms with Gasteiger partial charge in [0.15, 0.2) is 6.29 Å². The maximum atomic E-state index is 5.29. The summed E-state index contributed by atoms with van der Waals surface area (Å²) in [4.78, 5) is 0. The summed E-state index contributed by atoms with van der Waals surface area (Å²) in [5, 5.41) is 0. The Morgan fingerprint density at radius 3 is 2.91 bits per heavy atom. The molecular weight excluding hydrogens is 140 g/mol. The smallest absolute Gasteiger partial charge is 0.199 e. The number of hydrogen-bond acceptors (Lipinski definition) is 2. The highest BCUT2D eigenvalue weighted by molar-refractivity contribution is 4.86. The Kier molecular flexibility index (Phi) is 3.43.